The minimum Gasteiger partial charge on any atom is -0.353 e. The molecule has 3 unspecified atom stereocenters. The summed E-state index contributed by atoms with van der Waals surface area (Å²) >= 11 is 0. The second-order valence-electron chi connectivity index (χ2n) is 7.00. The molecule has 3 nitrogen and oxygen atoms in total. The Morgan fingerprint density at radius 3 is 2.47 bits per heavy atom. The summed E-state index contributed by atoms with van der Waals surface area (Å²) in [5.74, 6) is 1.79. The highest BCUT2D eigenvalue weighted by atomic mass is 16.2. The van der Waals surface area contributed by atoms with E-state index in [1.807, 2.05) is 0 Å². The molecule has 3 atom stereocenters. The maximum atomic E-state index is 12.7. The average Bonchev–Trinajstić information content (AvgIpc) is 2.38. The van der Waals surface area contributed by atoms with E-state index in [4.69, 9.17) is 0 Å². The first-order valence-corrected chi connectivity index (χ1v) is 8.07. The lowest BCUT2D eigenvalue weighted by atomic mass is 9.76. The SMILES string of the molecule is CCC1(C(=O)NC2CC(C)CC(C)C2)CCCNC1. The van der Waals surface area contributed by atoms with Crippen LogP contribution in [0, 0.1) is 17.3 Å². The predicted octanol–water partition coefficient (Wildman–Crippen LogP) is 2.71. The maximum absolute atomic E-state index is 12.7. The van der Waals surface area contributed by atoms with Crippen molar-refractivity contribution in [1.82, 2.24) is 10.6 Å². The van der Waals surface area contributed by atoms with Crippen LogP contribution in [0.2, 0.25) is 0 Å². The molecule has 1 saturated carbocycles. The van der Waals surface area contributed by atoms with Gasteiger partial charge >= 0.3 is 0 Å². The molecule has 2 N–H and O–H groups in total. The summed E-state index contributed by atoms with van der Waals surface area (Å²) < 4.78 is 0. The van der Waals surface area contributed by atoms with Crippen molar-refractivity contribution in [1.29, 1.82) is 0 Å². The van der Waals surface area contributed by atoms with Crippen LogP contribution >= 0.6 is 0 Å². The number of piperidine rings is 1. The average molecular weight is 266 g/mol. The summed E-state index contributed by atoms with van der Waals surface area (Å²) in [7, 11) is 0. The van der Waals surface area contributed by atoms with Gasteiger partial charge < -0.3 is 10.6 Å². The highest BCUT2D eigenvalue weighted by Gasteiger charge is 2.39. The third kappa shape index (κ3) is 3.50. The molecule has 1 amide bonds. The summed E-state index contributed by atoms with van der Waals surface area (Å²) in [4.78, 5) is 12.7. The Morgan fingerprint density at radius 1 is 1.26 bits per heavy atom. The first-order chi connectivity index (χ1) is 9.05. The van der Waals surface area contributed by atoms with Gasteiger partial charge in [0.25, 0.3) is 0 Å². The molecule has 0 aromatic rings. The molecule has 110 valence electrons. The Labute approximate surface area is 117 Å². The van der Waals surface area contributed by atoms with E-state index in [-0.39, 0.29) is 5.41 Å². The number of carbonyl (C=O) groups is 1. The lowest BCUT2D eigenvalue weighted by Crippen LogP contribution is -2.53. The molecule has 0 radical (unpaired) electrons. The Bertz CT molecular complexity index is 300. The van der Waals surface area contributed by atoms with E-state index >= 15 is 0 Å². The smallest absolute Gasteiger partial charge is 0.227 e. The molecule has 1 aliphatic carbocycles. The molecule has 0 bridgehead atoms. The summed E-state index contributed by atoms with van der Waals surface area (Å²) in [6.45, 7) is 8.69. The Hall–Kier alpha value is -0.570. The highest BCUT2D eigenvalue weighted by molar-refractivity contribution is 5.83. The molecule has 2 aliphatic rings. The molecule has 3 heteroatoms. The predicted molar refractivity (Wildman–Crippen MR) is 78.9 cm³/mol. The third-order valence-electron chi connectivity index (χ3n) is 5.14. The maximum Gasteiger partial charge on any atom is 0.227 e. The quantitative estimate of drug-likeness (QED) is 0.824. The van der Waals surface area contributed by atoms with E-state index in [2.05, 4.69) is 31.4 Å². The molecular formula is C16H30N2O. The fraction of sp³-hybridized carbons (Fsp3) is 0.938. The van der Waals surface area contributed by atoms with Crippen LogP contribution in [0.15, 0.2) is 0 Å². The van der Waals surface area contributed by atoms with E-state index in [0.717, 1.165) is 57.0 Å². The van der Waals surface area contributed by atoms with Gasteiger partial charge in [0, 0.05) is 12.6 Å². The van der Waals surface area contributed by atoms with Crippen molar-refractivity contribution < 1.29 is 4.79 Å². The molecule has 0 aromatic heterocycles. The van der Waals surface area contributed by atoms with Crippen molar-refractivity contribution in [3.8, 4) is 0 Å². The number of hydrogen-bond acceptors (Lipinski definition) is 2. The summed E-state index contributed by atoms with van der Waals surface area (Å²) in [5.41, 5.74) is -0.151. The van der Waals surface area contributed by atoms with Gasteiger partial charge in [-0.05, 0) is 56.9 Å². The first-order valence-electron chi connectivity index (χ1n) is 8.07. The van der Waals surface area contributed by atoms with Crippen LogP contribution in [0.25, 0.3) is 0 Å². The fourth-order valence-electron chi connectivity index (χ4n) is 4.03. The minimum atomic E-state index is -0.151. The van der Waals surface area contributed by atoms with Crippen LogP contribution < -0.4 is 10.6 Å². The van der Waals surface area contributed by atoms with Crippen LogP contribution in [0.4, 0.5) is 0 Å². The van der Waals surface area contributed by atoms with Crippen LogP contribution in [-0.2, 0) is 4.79 Å². The zero-order valence-corrected chi connectivity index (χ0v) is 12.8. The van der Waals surface area contributed by atoms with Gasteiger partial charge in [0.2, 0.25) is 5.91 Å². The van der Waals surface area contributed by atoms with Gasteiger partial charge in [0.15, 0.2) is 0 Å². The lowest BCUT2D eigenvalue weighted by molar-refractivity contribution is -0.133. The van der Waals surface area contributed by atoms with Crippen LogP contribution in [0.1, 0.15) is 59.3 Å². The minimum absolute atomic E-state index is 0.151. The van der Waals surface area contributed by atoms with Crippen molar-refractivity contribution in [2.75, 3.05) is 13.1 Å². The largest absolute Gasteiger partial charge is 0.353 e. The number of amides is 1. The highest BCUT2D eigenvalue weighted by Crippen LogP contribution is 2.33. The van der Waals surface area contributed by atoms with Crippen LogP contribution in [0.3, 0.4) is 0 Å². The monoisotopic (exact) mass is 266 g/mol. The van der Waals surface area contributed by atoms with Crippen molar-refractivity contribution in [3.63, 3.8) is 0 Å². The number of rotatable bonds is 3. The van der Waals surface area contributed by atoms with Crippen LogP contribution in [-0.4, -0.2) is 25.0 Å². The van der Waals surface area contributed by atoms with E-state index in [0.29, 0.717) is 11.9 Å². The summed E-state index contributed by atoms with van der Waals surface area (Å²) in [5, 5.41) is 6.76. The molecule has 1 aliphatic heterocycles. The summed E-state index contributed by atoms with van der Waals surface area (Å²) in [6, 6.07) is 0.400. The van der Waals surface area contributed by atoms with Crippen molar-refractivity contribution in [2.45, 2.75) is 65.3 Å². The standard InChI is InChI=1S/C16H30N2O/c1-4-16(6-5-7-17-11-16)15(19)18-14-9-12(2)8-13(3)10-14/h12-14,17H,4-11H2,1-3H3,(H,18,19). The normalized spacial score (nSPS) is 39.8. The van der Waals surface area contributed by atoms with Crippen molar-refractivity contribution in [3.05, 3.63) is 0 Å². The van der Waals surface area contributed by atoms with Gasteiger partial charge in [-0.15, -0.1) is 0 Å². The molecule has 0 aromatic carbocycles. The van der Waals surface area contributed by atoms with Crippen LogP contribution in [0.5, 0.6) is 0 Å². The third-order valence-corrected chi connectivity index (χ3v) is 5.14. The molecule has 2 rings (SSSR count). The second kappa shape index (κ2) is 6.25. The van der Waals surface area contributed by atoms with E-state index in [9.17, 15) is 4.79 Å². The van der Waals surface area contributed by atoms with Gasteiger partial charge in [0.1, 0.15) is 0 Å². The summed E-state index contributed by atoms with van der Waals surface area (Å²) in [6.07, 6.45) is 6.74. The van der Waals surface area contributed by atoms with Gasteiger partial charge in [0.05, 0.1) is 5.41 Å². The van der Waals surface area contributed by atoms with E-state index in [1.165, 1.54) is 6.42 Å². The molecule has 0 spiro atoms. The lowest BCUT2D eigenvalue weighted by Gasteiger charge is -2.39. The number of nitrogens with one attached hydrogen (secondary N) is 2. The molecule has 1 saturated heterocycles. The Morgan fingerprint density at radius 2 is 1.95 bits per heavy atom. The number of carbonyl (C=O) groups excluding carboxylic acids is 1. The number of hydrogen-bond donors (Lipinski definition) is 2. The molecule has 1 heterocycles. The Balaban J connectivity index is 1.95. The van der Waals surface area contributed by atoms with Gasteiger partial charge in [-0.25, -0.2) is 0 Å². The van der Waals surface area contributed by atoms with Gasteiger partial charge in [-0.3, -0.25) is 4.79 Å². The van der Waals surface area contributed by atoms with Crippen molar-refractivity contribution >= 4 is 5.91 Å². The fourth-order valence-corrected chi connectivity index (χ4v) is 4.03. The van der Waals surface area contributed by atoms with E-state index in [1.54, 1.807) is 0 Å². The second-order valence-corrected chi connectivity index (χ2v) is 7.00. The van der Waals surface area contributed by atoms with E-state index < -0.39 is 0 Å². The molecule has 19 heavy (non-hydrogen) atoms. The van der Waals surface area contributed by atoms with Crippen molar-refractivity contribution in [2.24, 2.45) is 17.3 Å². The topological polar surface area (TPSA) is 41.1 Å². The Kier molecular flexibility index (Phi) is 4.88. The molecule has 2 fully saturated rings. The zero-order valence-electron chi connectivity index (χ0n) is 12.8. The van der Waals surface area contributed by atoms with Gasteiger partial charge in [-0.2, -0.15) is 0 Å². The van der Waals surface area contributed by atoms with Gasteiger partial charge in [-0.1, -0.05) is 20.8 Å². The first kappa shape index (κ1) is 14.8. The zero-order chi connectivity index (χ0) is 13.9. The molecular weight excluding hydrogens is 236 g/mol.